The van der Waals surface area contributed by atoms with Crippen molar-refractivity contribution < 1.29 is 49.3 Å². The second kappa shape index (κ2) is 62.7. The number of rotatable bonds is 62. The van der Waals surface area contributed by atoms with Crippen molar-refractivity contribution in [1.29, 1.82) is 0 Å². The van der Waals surface area contributed by atoms with E-state index in [1.807, 2.05) is 19.1 Å². The third-order valence-electron chi connectivity index (χ3n) is 16.6. The van der Waals surface area contributed by atoms with Crippen LogP contribution < -0.4 is 5.32 Å². The summed E-state index contributed by atoms with van der Waals surface area (Å²) in [7, 11) is 0. The first kappa shape index (κ1) is 80.1. The van der Waals surface area contributed by atoms with Gasteiger partial charge in [-0.15, -0.1) is 0 Å². The molecule has 1 aliphatic heterocycles. The molecule has 0 spiro atoms. The standard InChI is InChI=1S/C74H133NO10/c1-3-5-7-9-11-13-14-15-16-17-33-36-39-42-46-50-54-58-62-70(79)83-63-59-55-51-47-43-40-37-34-31-29-27-25-23-21-19-18-20-22-24-26-28-30-32-35-38-41-45-49-53-57-61-69(78)75-66(67(77)60-56-52-48-44-12-10-8-6-4-2)65-84-74-73(82)72(81)71(80)68(64-76)85-74/h4,6,12-14,16-17,19,21,44,56,60,66-68,71-74,76-77,80-82H,3,5,7-11,15,18,20,22-43,45-55,57-59,61-65H2,1-2H3,(H,75,78)/b6-4+,14-13-,17-16-,21-19-,44-12+,60-56+. The Kier molecular flexibility index (Phi) is 59.1. The predicted molar refractivity (Wildman–Crippen MR) is 356 cm³/mol. The van der Waals surface area contributed by atoms with Gasteiger partial charge in [0, 0.05) is 12.8 Å². The lowest BCUT2D eigenvalue weighted by molar-refractivity contribution is -0.302. The summed E-state index contributed by atoms with van der Waals surface area (Å²) in [4.78, 5) is 25.1. The molecule has 0 aromatic heterocycles. The third kappa shape index (κ3) is 51.7. The van der Waals surface area contributed by atoms with Crippen molar-refractivity contribution in [3.05, 3.63) is 72.9 Å². The number of carbonyl (C=O) groups excluding carboxylic acids is 2. The fraction of sp³-hybridized carbons (Fsp3) is 0.811. The summed E-state index contributed by atoms with van der Waals surface area (Å²) in [5, 5.41) is 54.2. The Bertz CT molecular complexity index is 1640. The van der Waals surface area contributed by atoms with Gasteiger partial charge in [0.15, 0.2) is 6.29 Å². The highest BCUT2D eigenvalue weighted by molar-refractivity contribution is 5.76. The average Bonchev–Trinajstić information content (AvgIpc) is 3.15. The van der Waals surface area contributed by atoms with Crippen LogP contribution in [0.2, 0.25) is 0 Å². The molecule has 0 aromatic carbocycles. The van der Waals surface area contributed by atoms with Gasteiger partial charge in [-0.1, -0.05) is 272 Å². The third-order valence-corrected chi connectivity index (χ3v) is 16.6. The molecular weight excluding hydrogens is 1060 g/mol. The molecule has 0 radical (unpaired) electrons. The van der Waals surface area contributed by atoms with Crippen LogP contribution in [0.25, 0.3) is 0 Å². The number of hydrogen-bond donors (Lipinski definition) is 6. The molecule has 1 heterocycles. The van der Waals surface area contributed by atoms with Gasteiger partial charge in [-0.2, -0.15) is 0 Å². The van der Waals surface area contributed by atoms with Crippen molar-refractivity contribution in [3.8, 4) is 0 Å². The quantitative estimate of drug-likeness (QED) is 0.0195. The van der Waals surface area contributed by atoms with E-state index in [0.717, 1.165) is 70.6 Å². The number of unbranched alkanes of at least 4 members (excludes halogenated alkanes) is 39. The van der Waals surface area contributed by atoms with Crippen LogP contribution in [0.1, 0.15) is 322 Å². The SMILES string of the molecule is C/C=C/CC/C=C/CC/C=C/C(O)C(COC1OC(CO)C(O)C(O)C1O)NC(=O)CCCCCCCCCCCCCCCC/C=C\CCCCCCCCCCCCCCOC(=O)CCCCCCCCC/C=C\C/C=C\CCCCCC. The van der Waals surface area contributed by atoms with Crippen LogP contribution in [0.3, 0.4) is 0 Å². The Labute approximate surface area is 521 Å². The highest BCUT2D eigenvalue weighted by Crippen LogP contribution is 2.23. The van der Waals surface area contributed by atoms with Crippen molar-refractivity contribution in [2.45, 2.75) is 365 Å². The van der Waals surface area contributed by atoms with E-state index in [9.17, 15) is 35.1 Å². The minimum absolute atomic E-state index is 0.000551. The molecule has 7 atom stereocenters. The van der Waals surface area contributed by atoms with Crippen molar-refractivity contribution in [1.82, 2.24) is 5.32 Å². The van der Waals surface area contributed by atoms with Gasteiger partial charge in [0.1, 0.15) is 24.4 Å². The summed E-state index contributed by atoms with van der Waals surface area (Å²) in [6.45, 7) is 4.09. The Morgan fingerprint density at radius 1 is 0.459 bits per heavy atom. The molecule has 1 amide bonds. The molecule has 11 nitrogen and oxygen atoms in total. The van der Waals surface area contributed by atoms with E-state index >= 15 is 0 Å². The van der Waals surface area contributed by atoms with Crippen LogP contribution in [-0.4, -0.2) is 100 Å². The van der Waals surface area contributed by atoms with E-state index in [-0.39, 0.29) is 18.5 Å². The smallest absolute Gasteiger partial charge is 0.305 e. The maximum Gasteiger partial charge on any atom is 0.305 e. The first-order valence-electron chi connectivity index (χ1n) is 35.7. The van der Waals surface area contributed by atoms with Gasteiger partial charge in [0.05, 0.1) is 32.0 Å². The van der Waals surface area contributed by atoms with E-state index in [4.69, 9.17) is 14.2 Å². The highest BCUT2D eigenvalue weighted by atomic mass is 16.7. The van der Waals surface area contributed by atoms with E-state index in [1.165, 1.54) is 225 Å². The summed E-state index contributed by atoms with van der Waals surface area (Å²) >= 11 is 0. The molecule has 0 aliphatic carbocycles. The predicted octanol–water partition coefficient (Wildman–Crippen LogP) is 18.3. The molecule has 1 rings (SSSR count). The zero-order valence-electron chi connectivity index (χ0n) is 54.8. The second-order valence-corrected chi connectivity index (χ2v) is 24.6. The first-order valence-corrected chi connectivity index (χ1v) is 35.7. The van der Waals surface area contributed by atoms with Crippen LogP contribution in [0.4, 0.5) is 0 Å². The van der Waals surface area contributed by atoms with Gasteiger partial charge in [-0.3, -0.25) is 9.59 Å². The largest absolute Gasteiger partial charge is 0.466 e. The molecule has 6 N–H and O–H groups in total. The molecule has 0 aromatic rings. The van der Waals surface area contributed by atoms with Gasteiger partial charge in [-0.25, -0.2) is 0 Å². The maximum absolute atomic E-state index is 13.0. The minimum Gasteiger partial charge on any atom is -0.466 e. The fourth-order valence-corrected chi connectivity index (χ4v) is 11.0. The van der Waals surface area contributed by atoms with Gasteiger partial charge in [0.2, 0.25) is 5.91 Å². The van der Waals surface area contributed by atoms with Crippen LogP contribution in [0, 0.1) is 0 Å². The lowest BCUT2D eigenvalue weighted by Gasteiger charge is -2.40. The maximum atomic E-state index is 13.0. The normalized spacial score (nSPS) is 18.4. The fourth-order valence-electron chi connectivity index (χ4n) is 11.0. The van der Waals surface area contributed by atoms with E-state index in [2.05, 4.69) is 66.9 Å². The number of esters is 1. The molecule has 1 fully saturated rings. The Hall–Kier alpha value is -2.90. The zero-order valence-corrected chi connectivity index (χ0v) is 54.8. The number of carbonyl (C=O) groups is 2. The van der Waals surface area contributed by atoms with E-state index in [0.29, 0.717) is 19.4 Å². The van der Waals surface area contributed by atoms with Crippen molar-refractivity contribution in [2.24, 2.45) is 0 Å². The zero-order chi connectivity index (χ0) is 61.6. The Morgan fingerprint density at radius 3 is 1.31 bits per heavy atom. The van der Waals surface area contributed by atoms with Crippen molar-refractivity contribution >= 4 is 11.9 Å². The summed E-state index contributed by atoms with van der Waals surface area (Å²) in [5.74, 6) is -0.198. The number of aliphatic hydroxyl groups excluding tert-OH is 5. The Morgan fingerprint density at radius 2 is 0.847 bits per heavy atom. The number of ether oxygens (including phenoxy) is 3. The van der Waals surface area contributed by atoms with Crippen LogP contribution in [-0.2, 0) is 23.8 Å². The van der Waals surface area contributed by atoms with Crippen LogP contribution in [0.5, 0.6) is 0 Å². The van der Waals surface area contributed by atoms with Gasteiger partial charge in [-0.05, 0) is 110 Å². The number of aliphatic hydroxyl groups is 5. The number of hydrogen-bond acceptors (Lipinski definition) is 10. The second-order valence-electron chi connectivity index (χ2n) is 24.6. The molecular formula is C74H133NO10. The topological polar surface area (TPSA) is 175 Å². The average molecular weight is 1200 g/mol. The van der Waals surface area contributed by atoms with Crippen LogP contribution in [0.15, 0.2) is 72.9 Å². The molecule has 0 saturated carbocycles. The van der Waals surface area contributed by atoms with E-state index in [1.54, 1.807) is 6.08 Å². The lowest BCUT2D eigenvalue weighted by Crippen LogP contribution is -2.60. The molecule has 1 aliphatic rings. The van der Waals surface area contributed by atoms with Crippen molar-refractivity contribution in [2.75, 3.05) is 19.8 Å². The van der Waals surface area contributed by atoms with Crippen LogP contribution >= 0.6 is 0 Å². The van der Waals surface area contributed by atoms with E-state index < -0.39 is 49.5 Å². The summed E-state index contributed by atoms with van der Waals surface area (Å²) in [5.41, 5.74) is 0. The molecule has 494 valence electrons. The first-order chi connectivity index (χ1) is 41.7. The molecule has 11 heteroatoms. The number of allylic oxidation sites excluding steroid dienone is 11. The highest BCUT2D eigenvalue weighted by Gasteiger charge is 2.44. The Balaban J connectivity index is 1.90. The summed E-state index contributed by atoms with van der Waals surface area (Å²) < 4.78 is 16.7. The summed E-state index contributed by atoms with van der Waals surface area (Å²) in [6.07, 6.45) is 75.1. The lowest BCUT2D eigenvalue weighted by atomic mass is 9.99. The minimum atomic E-state index is -1.58. The molecule has 7 unspecified atom stereocenters. The van der Waals surface area contributed by atoms with Crippen molar-refractivity contribution in [3.63, 3.8) is 0 Å². The van der Waals surface area contributed by atoms with Gasteiger partial charge in [0.25, 0.3) is 0 Å². The molecule has 85 heavy (non-hydrogen) atoms. The summed E-state index contributed by atoms with van der Waals surface area (Å²) in [6, 6.07) is -0.833. The van der Waals surface area contributed by atoms with Gasteiger partial charge < -0.3 is 45.1 Å². The molecule has 0 bridgehead atoms. The number of amides is 1. The van der Waals surface area contributed by atoms with Gasteiger partial charge >= 0.3 is 5.97 Å². The molecule has 1 saturated heterocycles. The monoisotopic (exact) mass is 1200 g/mol. The number of nitrogens with one attached hydrogen (secondary N) is 1.